The minimum absolute atomic E-state index is 0.0563. The number of nitrogens with zero attached hydrogens (tertiary/aromatic N) is 2. The molecule has 0 aliphatic carbocycles. The van der Waals surface area contributed by atoms with E-state index in [-0.39, 0.29) is 29.2 Å². The first-order valence-corrected chi connectivity index (χ1v) is 8.70. The summed E-state index contributed by atoms with van der Waals surface area (Å²) in [5, 5.41) is 0. The van der Waals surface area contributed by atoms with Gasteiger partial charge in [0, 0.05) is 38.2 Å². The molecule has 148 valence electrons. The quantitative estimate of drug-likeness (QED) is 0.710. The number of methoxy groups -OCH3 is 1. The second-order valence-electron chi connectivity index (χ2n) is 6.43. The van der Waals surface area contributed by atoms with Crippen LogP contribution in [0.3, 0.4) is 0 Å². The van der Waals surface area contributed by atoms with Gasteiger partial charge in [-0.3, -0.25) is 9.59 Å². The zero-order valence-corrected chi connectivity index (χ0v) is 15.7. The van der Waals surface area contributed by atoms with Crippen molar-refractivity contribution in [2.75, 3.05) is 33.3 Å². The Kier molecular flexibility index (Phi) is 7.15. The minimum Gasteiger partial charge on any atom is -0.493 e. The highest BCUT2D eigenvalue weighted by Gasteiger charge is 2.24. The van der Waals surface area contributed by atoms with E-state index in [1.54, 1.807) is 21.9 Å². The van der Waals surface area contributed by atoms with E-state index in [0.717, 1.165) is 0 Å². The summed E-state index contributed by atoms with van der Waals surface area (Å²) in [6, 6.07) is 4.44. The fourth-order valence-corrected chi connectivity index (χ4v) is 2.77. The van der Waals surface area contributed by atoms with Crippen molar-refractivity contribution in [1.82, 2.24) is 9.80 Å². The molecule has 1 aromatic carbocycles. The maximum atomic E-state index is 12.4. The molecule has 8 heteroatoms. The van der Waals surface area contributed by atoms with Gasteiger partial charge in [0.25, 0.3) is 0 Å². The molecule has 6 nitrogen and oxygen atoms in total. The van der Waals surface area contributed by atoms with Gasteiger partial charge in [-0.2, -0.15) is 8.78 Å². The molecule has 2 rings (SSSR count). The SMILES string of the molecule is COc1cc(/C=C/C(=O)N2CCN(C(=O)C(C)C)CC2)ccc1OC(F)F. The highest BCUT2D eigenvalue weighted by atomic mass is 19.3. The van der Waals surface area contributed by atoms with Gasteiger partial charge < -0.3 is 19.3 Å². The molecule has 1 heterocycles. The molecule has 0 spiro atoms. The summed E-state index contributed by atoms with van der Waals surface area (Å²) in [6.07, 6.45) is 3.00. The van der Waals surface area contributed by atoms with E-state index in [1.807, 2.05) is 13.8 Å². The molecular formula is C19H24F2N2O4. The normalized spacial score (nSPS) is 14.9. The first kappa shape index (κ1) is 20.7. The molecule has 1 saturated heterocycles. The molecule has 0 unspecified atom stereocenters. The number of alkyl halides is 2. The van der Waals surface area contributed by atoms with E-state index in [9.17, 15) is 18.4 Å². The number of amides is 2. The van der Waals surface area contributed by atoms with Crippen LogP contribution in [0.2, 0.25) is 0 Å². The third-order valence-electron chi connectivity index (χ3n) is 4.22. The summed E-state index contributed by atoms with van der Waals surface area (Å²) in [6.45, 7) is 2.76. The predicted molar refractivity (Wildman–Crippen MR) is 96.7 cm³/mol. The van der Waals surface area contributed by atoms with E-state index < -0.39 is 6.61 Å². The molecule has 0 atom stereocenters. The maximum Gasteiger partial charge on any atom is 0.387 e. The maximum absolute atomic E-state index is 12.4. The van der Waals surface area contributed by atoms with Crippen LogP contribution in [0.25, 0.3) is 6.08 Å². The zero-order valence-electron chi connectivity index (χ0n) is 15.7. The average molecular weight is 382 g/mol. The van der Waals surface area contributed by atoms with Crippen molar-refractivity contribution >= 4 is 17.9 Å². The van der Waals surface area contributed by atoms with Crippen molar-refractivity contribution in [3.05, 3.63) is 29.8 Å². The number of piperazine rings is 1. The smallest absolute Gasteiger partial charge is 0.387 e. The van der Waals surface area contributed by atoms with Crippen LogP contribution in [0, 0.1) is 5.92 Å². The molecule has 0 aromatic heterocycles. The van der Waals surface area contributed by atoms with E-state index in [1.165, 1.54) is 25.3 Å². The van der Waals surface area contributed by atoms with E-state index in [4.69, 9.17) is 4.74 Å². The Bertz CT molecular complexity index is 699. The van der Waals surface area contributed by atoms with Crippen molar-refractivity contribution < 1.29 is 27.8 Å². The standard InChI is InChI=1S/C19H24F2N2O4/c1-13(2)18(25)23-10-8-22(9-11-23)17(24)7-5-14-4-6-15(27-19(20)21)16(12-14)26-3/h4-7,12-13,19H,8-11H2,1-3H3/b7-5+. The van der Waals surface area contributed by atoms with Gasteiger partial charge >= 0.3 is 6.61 Å². The zero-order chi connectivity index (χ0) is 20.0. The highest BCUT2D eigenvalue weighted by molar-refractivity contribution is 5.92. The number of rotatable bonds is 6. The van der Waals surface area contributed by atoms with Crippen LogP contribution < -0.4 is 9.47 Å². The Morgan fingerprint density at radius 2 is 1.70 bits per heavy atom. The summed E-state index contributed by atoms with van der Waals surface area (Å²) in [5.41, 5.74) is 0.621. The number of ether oxygens (including phenoxy) is 2. The lowest BCUT2D eigenvalue weighted by molar-refractivity contribution is -0.139. The van der Waals surface area contributed by atoms with Gasteiger partial charge in [-0.15, -0.1) is 0 Å². The van der Waals surface area contributed by atoms with Gasteiger partial charge in [0.05, 0.1) is 7.11 Å². The van der Waals surface area contributed by atoms with E-state index in [2.05, 4.69) is 4.74 Å². The Morgan fingerprint density at radius 1 is 1.07 bits per heavy atom. The Labute approximate surface area is 157 Å². The molecule has 0 N–H and O–H groups in total. The predicted octanol–water partition coefficient (Wildman–Crippen LogP) is 2.64. The summed E-state index contributed by atoms with van der Waals surface area (Å²) in [5.74, 6) is -0.0406. The number of carbonyl (C=O) groups excluding carboxylic acids is 2. The van der Waals surface area contributed by atoms with Gasteiger partial charge in [-0.1, -0.05) is 19.9 Å². The number of hydrogen-bond donors (Lipinski definition) is 0. The van der Waals surface area contributed by atoms with Crippen LogP contribution in [-0.2, 0) is 9.59 Å². The number of halogens is 2. The Morgan fingerprint density at radius 3 is 2.26 bits per heavy atom. The number of hydrogen-bond acceptors (Lipinski definition) is 4. The monoisotopic (exact) mass is 382 g/mol. The van der Waals surface area contributed by atoms with Gasteiger partial charge in [-0.25, -0.2) is 0 Å². The van der Waals surface area contributed by atoms with Crippen molar-refractivity contribution in [1.29, 1.82) is 0 Å². The van der Waals surface area contributed by atoms with Gasteiger partial charge in [0.2, 0.25) is 11.8 Å². The van der Waals surface area contributed by atoms with Gasteiger partial charge in [-0.05, 0) is 23.8 Å². The fraction of sp³-hybridized carbons (Fsp3) is 0.474. The van der Waals surface area contributed by atoms with Crippen LogP contribution in [0.1, 0.15) is 19.4 Å². The largest absolute Gasteiger partial charge is 0.493 e. The lowest BCUT2D eigenvalue weighted by atomic mass is 10.1. The Hall–Kier alpha value is -2.64. The van der Waals surface area contributed by atoms with Crippen molar-refractivity contribution in [2.24, 2.45) is 5.92 Å². The van der Waals surface area contributed by atoms with Crippen molar-refractivity contribution in [3.63, 3.8) is 0 Å². The summed E-state index contributed by atoms with van der Waals surface area (Å²) in [4.78, 5) is 27.7. The molecule has 1 aliphatic rings. The third-order valence-corrected chi connectivity index (χ3v) is 4.22. The van der Waals surface area contributed by atoms with Crippen LogP contribution in [0.4, 0.5) is 8.78 Å². The topological polar surface area (TPSA) is 59.1 Å². The first-order chi connectivity index (χ1) is 12.8. The Balaban J connectivity index is 1.96. The second-order valence-corrected chi connectivity index (χ2v) is 6.43. The molecule has 27 heavy (non-hydrogen) atoms. The summed E-state index contributed by atoms with van der Waals surface area (Å²) < 4.78 is 34.1. The molecule has 0 saturated carbocycles. The minimum atomic E-state index is -2.94. The van der Waals surface area contributed by atoms with E-state index in [0.29, 0.717) is 31.7 Å². The first-order valence-electron chi connectivity index (χ1n) is 8.70. The molecule has 1 aliphatic heterocycles. The molecule has 0 bridgehead atoms. The van der Waals surface area contributed by atoms with Crippen LogP contribution in [-0.4, -0.2) is 61.5 Å². The summed E-state index contributed by atoms with van der Waals surface area (Å²) >= 11 is 0. The fourth-order valence-electron chi connectivity index (χ4n) is 2.77. The number of carbonyl (C=O) groups is 2. The molecule has 0 radical (unpaired) electrons. The summed E-state index contributed by atoms with van der Waals surface area (Å²) in [7, 11) is 1.35. The number of benzene rings is 1. The lowest BCUT2D eigenvalue weighted by Gasteiger charge is -2.35. The molecular weight excluding hydrogens is 358 g/mol. The highest BCUT2D eigenvalue weighted by Crippen LogP contribution is 2.29. The molecule has 2 amide bonds. The molecule has 1 aromatic rings. The van der Waals surface area contributed by atoms with Crippen LogP contribution in [0.5, 0.6) is 11.5 Å². The third kappa shape index (κ3) is 5.67. The second kappa shape index (κ2) is 9.34. The average Bonchev–Trinajstić information content (AvgIpc) is 2.65. The van der Waals surface area contributed by atoms with Gasteiger partial charge in [0.15, 0.2) is 11.5 Å². The van der Waals surface area contributed by atoms with Crippen LogP contribution in [0.15, 0.2) is 24.3 Å². The lowest BCUT2D eigenvalue weighted by Crippen LogP contribution is -2.51. The van der Waals surface area contributed by atoms with Crippen molar-refractivity contribution in [2.45, 2.75) is 20.5 Å². The van der Waals surface area contributed by atoms with E-state index >= 15 is 0 Å². The van der Waals surface area contributed by atoms with Gasteiger partial charge in [0.1, 0.15) is 0 Å². The van der Waals surface area contributed by atoms with Crippen LogP contribution >= 0.6 is 0 Å². The molecule has 1 fully saturated rings. The van der Waals surface area contributed by atoms with Crippen molar-refractivity contribution in [3.8, 4) is 11.5 Å².